The van der Waals surface area contributed by atoms with Crippen LogP contribution in [0.4, 0.5) is 10.1 Å². The van der Waals surface area contributed by atoms with E-state index in [0.29, 0.717) is 19.4 Å². The number of hydrogen-bond acceptors (Lipinski definition) is 5. The highest BCUT2D eigenvalue weighted by Gasteiger charge is 2.28. The lowest BCUT2D eigenvalue weighted by Crippen LogP contribution is -2.56. The van der Waals surface area contributed by atoms with E-state index in [1.807, 2.05) is 39.5 Å². The molecule has 154 valence electrons. The van der Waals surface area contributed by atoms with Gasteiger partial charge in [-0.1, -0.05) is 0 Å². The average molecular weight is 384 g/mol. The second kappa shape index (κ2) is 11.7. The van der Waals surface area contributed by atoms with Crippen LogP contribution in [-0.2, 0) is 9.53 Å². The summed E-state index contributed by atoms with van der Waals surface area (Å²) in [7, 11) is 3.21. The number of benzene rings is 1. The molecule has 1 saturated heterocycles. The number of methoxy groups -OCH3 is 1. The Kier molecular flexibility index (Phi) is 10.8. The van der Waals surface area contributed by atoms with E-state index in [4.69, 9.17) is 4.74 Å². The lowest BCUT2D eigenvalue weighted by Gasteiger charge is -2.43. The standard InChI is InChI=1S/C14H17FN2O2.C5H12O.CH5N/c1-10-6-16(7-11(2)17(10)9-19)13-4-3-12(8-18)14(15)5-13;1-5(2,3)6-4;1-2/h3-5,8-11H,6-7H2,1-2H3;1-4H3;2H2,1H3. The van der Waals surface area contributed by atoms with Crippen LogP contribution in [0.25, 0.3) is 0 Å². The third-order valence-electron chi connectivity index (χ3n) is 4.20. The Bertz CT molecular complexity index is 578. The maximum Gasteiger partial charge on any atom is 0.210 e. The number of piperazine rings is 1. The number of hydrogen-bond donors (Lipinski definition) is 1. The average Bonchev–Trinajstić information content (AvgIpc) is 2.63. The summed E-state index contributed by atoms with van der Waals surface area (Å²) in [6.07, 6.45) is 1.37. The first kappa shape index (κ1) is 25.0. The fraction of sp³-hybridized carbons (Fsp3) is 0.600. The van der Waals surface area contributed by atoms with E-state index in [1.54, 1.807) is 18.1 Å². The fourth-order valence-corrected chi connectivity index (χ4v) is 2.56. The monoisotopic (exact) mass is 383 g/mol. The van der Waals surface area contributed by atoms with Gasteiger partial charge in [-0.05, 0) is 59.9 Å². The lowest BCUT2D eigenvalue weighted by molar-refractivity contribution is -0.122. The number of anilines is 1. The number of carbonyl (C=O) groups is 2. The van der Waals surface area contributed by atoms with Crippen LogP contribution in [-0.4, -0.2) is 62.5 Å². The van der Waals surface area contributed by atoms with Crippen LogP contribution < -0.4 is 10.6 Å². The van der Waals surface area contributed by atoms with Crippen molar-refractivity contribution in [2.75, 3.05) is 32.1 Å². The van der Waals surface area contributed by atoms with Gasteiger partial charge in [-0.25, -0.2) is 4.39 Å². The zero-order valence-corrected chi connectivity index (χ0v) is 17.5. The maximum atomic E-state index is 13.6. The molecule has 1 aliphatic heterocycles. The highest BCUT2D eigenvalue weighted by Crippen LogP contribution is 2.23. The van der Waals surface area contributed by atoms with E-state index < -0.39 is 5.82 Å². The predicted molar refractivity (Wildman–Crippen MR) is 108 cm³/mol. The molecular weight excluding hydrogens is 349 g/mol. The molecule has 0 aliphatic carbocycles. The van der Waals surface area contributed by atoms with Crippen molar-refractivity contribution < 1.29 is 18.7 Å². The maximum absolute atomic E-state index is 13.6. The van der Waals surface area contributed by atoms with Crippen LogP contribution in [0, 0.1) is 5.82 Å². The molecule has 0 saturated carbocycles. The minimum absolute atomic E-state index is 0.0417. The van der Waals surface area contributed by atoms with Gasteiger partial charge in [0.1, 0.15) is 5.82 Å². The van der Waals surface area contributed by atoms with Crippen molar-refractivity contribution in [3.63, 3.8) is 0 Å². The van der Waals surface area contributed by atoms with Crippen LogP contribution >= 0.6 is 0 Å². The van der Waals surface area contributed by atoms with Crippen LogP contribution in [0.3, 0.4) is 0 Å². The fourth-order valence-electron chi connectivity index (χ4n) is 2.56. The lowest BCUT2D eigenvalue weighted by atomic mass is 10.1. The molecule has 1 aliphatic rings. The topological polar surface area (TPSA) is 75.9 Å². The third kappa shape index (κ3) is 8.05. The molecule has 1 amide bonds. The smallest absolute Gasteiger partial charge is 0.210 e. The van der Waals surface area contributed by atoms with Gasteiger partial charge in [-0.2, -0.15) is 0 Å². The first-order valence-electron chi connectivity index (χ1n) is 8.98. The summed E-state index contributed by atoms with van der Waals surface area (Å²) in [5, 5.41) is 0. The number of halogens is 1. The second-order valence-electron chi connectivity index (χ2n) is 7.30. The van der Waals surface area contributed by atoms with Gasteiger partial charge >= 0.3 is 0 Å². The summed E-state index contributed by atoms with van der Waals surface area (Å²) in [5.41, 5.74) is 5.35. The van der Waals surface area contributed by atoms with E-state index >= 15 is 0 Å². The molecule has 1 fully saturated rings. The molecule has 1 aromatic carbocycles. The highest BCUT2D eigenvalue weighted by molar-refractivity contribution is 5.76. The van der Waals surface area contributed by atoms with Crippen molar-refractivity contribution in [1.82, 2.24) is 4.90 Å². The number of ether oxygens (including phenoxy) is 1. The number of rotatable bonds is 3. The van der Waals surface area contributed by atoms with Crippen LogP contribution in [0.15, 0.2) is 18.2 Å². The molecule has 2 rings (SSSR count). The summed E-state index contributed by atoms with van der Waals surface area (Å²) in [5.74, 6) is -0.509. The number of amides is 1. The summed E-state index contributed by atoms with van der Waals surface area (Å²) >= 11 is 0. The van der Waals surface area contributed by atoms with E-state index in [2.05, 4.69) is 5.73 Å². The van der Waals surface area contributed by atoms with Gasteiger partial charge in [0, 0.05) is 38.0 Å². The molecule has 7 heteroatoms. The zero-order valence-electron chi connectivity index (χ0n) is 17.5. The third-order valence-corrected chi connectivity index (χ3v) is 4.20. The van der Waals surface area contributed by atoms with E-state index in [0.717, 1.165) is 12.1 Å². The summed E-state index contributed by atoms with van der Waals surface area (Å²) in [6, 6.07) is 4.76. The number of carbonyl (C=O) groups excluding carboxylic acids is 2. The van der Waals surface area contributed by atoms with Crippen molar-refractivity contribution >= 4 is 18.4 Å². The summed E-state index contributed by atoms with van der Waals surface area (Å²) in [6.45, 7) is 11.3. The van der Waals surface area contributed by atoms with Crippen molar-refractivity contribution in [3.8, 4) is 0 Å². The Morgan fingerprint density at radius 3 is 1.96 bits per heavy atom. The van der Waals surface area contributed by atoms with E-state index in [1.165, 1.54) is 19.2 Å². The Hall–Kier alpha value is -1.99. The summed E-state index contributed by atoms with van der Waals surface area (Å²) in [4.78, 5) is 25.4. The number of aldehydes is 1. The predicted octanol–water partition coefficient (Wildman–Crippen LogP) is 2.70. The van der Waals surface area contributed by atoms with Crippen LogP contribution in [0.2, 0.25) is 0 Å². The Balaban J connectivity index is 0.000000722. The highest BCUT2D eigenvalue weighted by atomic mass is 19.1. The normalized spacial score (nSPS) is 19.3. The van der Waals surface area contributed by atoms with Crippen LogP contribution in [0.5, 0.6) is 0 Å². The Morgan fingerprint density at radius 1 is 1.15 bits per heavy atom. The van der Waals surface area contributed by atoms with Crippen LogP contribution in [0.1, 0.15) is 45.0 Å². The second-order valence-corrected chi connectivity index (χ2v) is 7.30. The SMILES string of the molecule is CC1CN(c2ccc(C=O)c(F)c2)CC(C)N1C=O.CN.COC(C)(C)C. The first-order valence-corrected chi connectivity index (χ1v) is 8.98. The quantitative estimate of drug-likeness (QED) is 0.812. The van der Waals surface area contributed by atoms with Gasteiger partial charge in [0.15, 0.2) is 6.29 Å². The minimum Gasteiger partial charge on any atom is -0.379 e. The zero-order chi connectivity index (χ0) is 21.2. The molecule has 2 atom stereocenters. The molecule has 0 radical (unpaired) electrons. The van der Waals surface area contributed by atoms with Gasteiger partial charge in [-0.15, -0.1) is 0 Å². The Morgan fingerprint density at radius 2 is 1.63 bits per heavy atom. The molecule has 0 spiro atoms. The Labute approximate surface area is 162 Å². The van der Waals surface area contributed by atoms with Crippen molar-refractivity contribution in [3.05, 3.63) is 29.6 Å². The largest absolute Gasteiger partial charge is 0.379 e. The van der Waals surface area contributed by atoms with Gasteiger partial charge in [0.2, 0.25) is 6.41 Å². The van der Waals surface area contributed by atoms with Crippen molar-refractivity contribution in [1.29, 1.82) is 0 Å². The number of nitrogens with two attached hydrogens (primary N) is 1. The van der Waals surface area contributed by atoms with E-state index in [9.17, 15) is 14.0 Å². The molecule has 1 aromatic rings. The number of nitrogens with zero attached hydrogens (tertiary/aromatic N) is 2. The minimum atomic E-state index is -0.509. The van der Waals surface area contributed by atoms with Crippen molar-refractivity contribution in [2.24, 2.45) is 5.73 Å². The molecule has 1 heterocycles. The first-order chi connectivity index (χ1) is 12.6. The van der Waals surface area contributed by atoms with Gasteiger partial charge in [0.05, 0.1) is 11.2 Å². The molecule has 0 bridgehead atoms. The van der Waals surface area contributed by atoms with Gasteiger partial charge < -0.3 is 20.3 Å². The molecule has 6 nitrogen and oxygen atoms in total. The van der Waals surface area contributed by atoms with Crippen molar-refractivity contribution in [2.45, 2.75) is 52.3 Å². The molecule has 0 aromatic heterocycles. The van der Waals surface area contributed by atoms with E-state index in [-0.39, 0.29) is 23.2 Å². The van der Waals surface area contributed by atoms with Gasteiger partial charge in [0.25, 0.3) is 0 Å². The molecular formula is C20H34FN3O3. The molecule has 2 unspecified atom stereocenters. The summed E-state index contributed by atoms with van der Waals surface area (Å²) < 4.78 is 18.6. The molecule has 27 heavy (non-hydrogen) atoms. The molecule has 2 N–H and O–H groups in total. The van der Waals surface area contributed by atoms with Gasteiger partial charge in [-0.3, -0.25) is 9.59 Å².